The van der Waals surface area contributed by atoms with Gasteiger partial charge in [0.1, 0.15) is 11.7 Å². The normalized spacial score (nSPS) is 12.0. The van der Waals surface area contributed by atoms with Gasteiger partial charge in [-0.05, 0) is 32.0 Å². The summed E-state index contributed by atoms with van der Waals surface area (Å²) >= 11 is 3.27. The monoisotopic (exact) mass is 273 g/mol. The van der Waals surface area contributed by atoms with Crippen LogP contribution in [0.25, 0.3) is 0 Å². The molecule has 1 aromatic carbocycles. The Balaban J connectivity index is 3.17. The summed E-state index contributed by atoms with van der Waals surface area (Å²) in [5.74, 6) is 5.31. The van der Waals surface area contributed by atoms with Crippen molar-refractivity contribution in [2.24, 2.45) is 10.8 Å². The van der Waals surface area contributed by atoms with Crippen LogP contribution in [0.3, 0.4) is 0 Å². The Morgan fingerprint density at radius 2 is 2.20 bits per heavy atom. The Morgan fingerprint density at radius 1 is 1.53 bits per heavy atom. The van der Waals surface area contributed by atoms with Gasteiger partial charge in [0.25, 0.3) is 0 Å². The van der Waals surface area contributed by atoms with Gasteiger partial charge in [-0.15, -0.1) is 0 Å². The number of hydrazine groups is 1. The zero-order chi connectivity index (χ0) is 11.4. The third kappa shape index (κ3) is 3.28. The summed E-state index contributed by atoms with van der Waals surface area (Å²) in [5.41, 5.74) is 2.77. The van der Waals surface area contributed by atoms with Gasteiger partial charge in [-0.1, -0.05) is 15.9 Å². The number of benzene rings is 1. The van der Waals surface area contributed by atoms with E-state index in [4.69, 9.17) is 5.84 Å². The summed E-state index contributed by atoms with van der Waals surface area (Å²) < 4.78 is 14.2. The Labute approximate surface area is 96.7 Å². The first-order chi connectivity index (χ1) is 7.04. The average Bonchev–Trinajstić information content (AvgIpc) is 2.18. The van der Waals surface area contributed by atoms with Crippen LogP contribution in [0.4, 0.5) is 4.39 Å². The van der Waals surface area contributed by atoms with E-state index < -0.39 is 0 Å². The second kappa shape index (κ2) is 5.23. The molecule has 0 fully saturated rings. The highest BCUT2D eigenvalue weighted by Gasteiger charge is 2.09. The minimum atomic E-state index is -0.351. The van der Waals surface area contributed by atoms with Crippen molar-refractivity contribution in [1.29, 1.82) is 0 Å². The van der Waals surface area contributed by atoms with Crippen LogP contribution >= 0.6 is 15.9 Å². The Kier molecular flexibility index (Phi) is 4.23. The minimum absolute atomic E-state index is 0.0504. The molecule has 0 radical (unpaired) electrons. The standard InChI is InChI=1S/C10H13BrFN3/c1-6(2)14-10(15-13)8-5-7(11)3-4-9(8)12/h3-6H,13H2,1-2H3,(H,14,15). The summed E-state index contributed by atoms with van der Waals surface area (Å²) in [5, 5.41) is 0. The second-order valence-corrected chi connectivity index (χ2v) is 4.26. The Morgan fingerprint density at radius 3 is 2.73 bits per heavy atom. The van der Waals surface area contributed by atoms with Gasteiger partial charge >= 0.3 is 0 Å². The van der Waals surface area contributed by atoms with E-state index in [1.165, 1.54) is 6.07 Å². The molecule has 3 N–H and O–H groups in total. The zero-order valence-electron chi connectivity index (χ0n) is 8.59. The maximum atomic E-state index is 13.5. The predicted molar refractivity (Wildman–Crippen MR) is 63.1 cm³/mol. The number of nitrogens with one attached hydrogen (secondary N) is 1. The van der Waals surface area contributed by atoms with E-state index >= 15 is 0 Å². The van der Waals surface area contributed by atoms with E-state index in [9.17, 15) is 4.39 Å². The van der Waals surface area contributed by atoms with Gasteiger partial charge in [0.2, 0.25) is 0 Å². The number of rotatable bonds is 2. The molecule has 0 heterocycles. The van der Waals surface area contributed by atoms with Crippen LogP contribution in [0.2, 0.25) is 0 Å². The van der Waals surface area contributed by atoms with Crippen LogP contribution in [-0.4, -0.2) is 11.9 Å². The molecule has 0 spiro atoms. The van der Waals surface area contributed by atoms with Crippen molar-refractivity contribution in [1.82, 2.24) is 5.43 Å². The minimum Gasteiger partial charge on any atom is -0.308 e. The fraction of sp³-hybridized carbons (Fsp3) is 0.300. The molecular weight excluding hydrogens is 261 g/mol. The van der Waals surface area contributed by atoms with Gasteiger partial charge in [-0.3, -0.25) is 4.99 Å². The number of hydrogen-bond donors (Lipinski definition) is 2. The number of hydrogen-bond acceptors (Lipinski definition) is 2. The number of amidine groups is 1. The molecule has 0 aliphatic rings. The number of aliphatic imine (C=N–C) groups is 1. The molecule has 0 unspecified atom stereocenters. The summed E-state index contributed by atoms with van der Waals surface area (Å²) in [6.07, 6.45) is 0. The number of halogens is 2. The molecule has 15 heavy (non-hydrogen) atoms. The Hall–Kier alpha value is -0.940. The lowest BCUT2D eigenvalue weighted by atomic mass is 10.2. The van der Waals surface area contributed by atoms with E-state index in [0.717, 1.165) is 4.47 Å². The smallest absolute Gasteiger partial charge is 0.145 e. The number of nitrogens with zero attached hydrogens (tertiary/aromatic N) is 1. The summed E-state index contributed by atoms with van der Waals surface area (Å²) in [6, 6.07) is 4.68. The maximum Gasteiger partial charge on any atom is 0.145 e. The SMILES string of the molecule is CC(C)N=C(NN)c1cc(Br)ccc1F. The maximum absolute atomic E-state index is 13.5. The molecule has 0 bridgehead atoms. The third-order valence-electron chi connectivity index (χ3n) is 1.71. The molecule has 0 aliphatic carbocycles. The van der Waals surface area contributed by atoms with E-state index in [2.05, 4.69) is 26.3 Å². The lowest BCUT2D eigenvalue weighted by molar-refractivity contribution is 0.623. The largest absolute Gasteiger partial charge is 0.308 e. The quantitative estimate of drug-likeness (QED) is 0.376. The molecule has 5 heteroatoms. The topological polar surface area (TPSA) is 50.4 Å². The van der Waals surface area contributed by atoms with Gasteiger partial charge in [-0.25, -0.2) is 10.2 Å². The molecule has 0 saturated heterocycles. The first-order valence-electron chi connectivity index (χ1n) is 4.54. The van der Waals surface area contributed by atoms with Gasteiger partial charge in [-0.2, -0.15) is 0 Å². The first kappa shape index (κ1) is 12.1. The second-order valence-electron chi connectivity index (χ2n) is 3.34. The predicted octanol–water partition coefficient (Wildman–Crippen LogP) is 2.21. The molecule has 0 aliphatic heterocycles. The molecule has 0 saturated carbocycles. The van der Waals surface area contributed by atoms with Crippen molar-refractivity contribution in [3.05, 3.63) is 34.1 Å². The molecule has 82 valence electrons. The summed E-state index contributed by atoms with van der Waals surface area (Å²) in [4.78, 5) is 4.19. The molecule has 0 amide bonds. The van der Waals surface area contributed by atoms with Crippen LogP contribution < -0.4 is 11.3 Å². The van der Waals surface area contributed by atoms with Gasteiger partial charge < -0.3 is 5.43 Å². The molecular formula is C10H13BrFN3. The molecule has 0 atom stereocenters. The van der Waals surface area contributed by atoms with Gasteiger partial charge in [0, 0.05) is 10.5 Å². The first-order valence-corrected chi connectivity index (χ1v) is 5.33. The molecule has 3 nitrogen and oxygen atoms in total. The van der Waals surface area contributed by atoms with Crippen molar-refractivity contribution in [3.8, 4) is 0 Å². The van der Waals surface area contributed by atoms with E-state index in [0.29, 0.717) is 11.4 Å². The van der Waals surface area contributed by atoms with Crippen molar-refractivity contribution < 1.29 is 4.39 Å². The van der Waals surface area contributed by atoms with Gasteiger partial charge in [0.05, 0.1) is 5.56 Å². The van der Waals surface area contributed by atoms with Crippen molar-refractivity contribution in [3.63, 3.8) is 0 Å². The molecule has 1 aromatic rings. The molecule has 1 rings (SSSR count). The lowest BCUT2D eigenvalue weighted by Crippen LogP contribution is -2.32. The van der Waals surface area contributed by atoms with Crippen LogP contribution in [-0.2, 0) is 0 Å². The zero-order valence-corrected chi connectivity index (χ0v) is 10.2. The molecule has 0 aromatic heterocycles. The van der Waals surface area contributed by atoms with Crippen molar-refractivity contribution in [2.45, 2.75) is 19.9 Å². The fourth-order valence-corrected chi connectivity index (χ4v) is 1.48. The lowest BCUT2D eigenvalue weighted by Gasteiger charge is -2.09. The summed E-state index contributed by atoms with van der Waals surface area (Å²) in [6.45, 7) is 3.79. The highest BCUT2D eigenvalue weighted by molar-refractivity contribution is 9.10. The fourth-order valence-electron chi connectivity index (χ4n) is 1.12. The van der Waals surface area contributed by atoms with Crippen LogP contribution in [0.5, 0.6) is 0 Å². The summed E-state index contributed by atoms with van der Waals surface area (Å²) in [7, 11) is 0. The highest BCUT2D eigenvalue weighted by Crippen LogP contribution is 2.15. The van der Waals surface area contributed by atoms with Crippen molar-refractivity contribution in [2.75, 3.05) is 0 Å². The van der Waals surface area contributed by atoms with Gasteiger partial charge in [0.15, 0.2) is 0 Å². The van der Waals surface area contributed by atoms with E-state index in [1.54, 1.807) is 12.1 Å². The number of nitrogens with two attached hydrogens (primary N) is 1. The van der Waals surface area contributed by atoms with Crippen LogP contribution in [0, 0.1) is 5.82 Å². The average molecular weight is 274 g/mol. The Bertz CT molecular complexity index is 377. The van der Waals surface area contributed by atoms with Crippen LogP contribution in [0.15, 0.2) is 27.7 Å². The third-order valence-corrected chi connectivity index (χ3v) is 2.20. The highest BCUT2D eigenvalue weighted by atomic mass is 79.9. The van der Waals surface area contributed by atoms with Crippen molar-refractivity contribution >= 4 is 21.8 Å². The van der Waals surface area contributed by atoms with Crippen LogP contribution in [0.1, 0.15) is 19.4 Å². The van der Waals surface area contributed by atoms with E-state index in [1.807, 2.05) is 13.8 Å². The van der Waals surface area contributed by atoms with E-state index in [-0.39, 0.29) is 11.9 Å².